The summed E-state index contributed by atoms with van der Waals surface area (Å²) < 4.78 is 0. The Kier molecular flexibility index (Phi) is 5.71. The topological polar surface area (TPSA) is 37.3 Å². The minimum Gasteiger partial charge on any atom is -1.00 e. The van der Waals surface area contributed by atoms with Crippen molar-refractivity contribution in [2.75, 3.05) is 0 Å². The number of rotatable bonds is 2. The number of hydrogen-bond acceptors (Lipinski definition) is 1. The van der Waals surface area contributed by atoms with Crippen molar-refractivity contribution in [2.24, 2.45) is 0 Å². The number of carboxylic acids is 1. The van der Waals surface area contributed by atoms with E-state index in [9.17, 15) is 4.79 Å². The van der Waals surface area contributed by atoms with Crippen LogP contribution in [0.5, 0.6) is 0 Å². The first-order valence-electron chi connectivity index (χ1n) is 3.67. The molecule has 1 rings (SSSR count). The molecule has 1 aromatic carbocycles. The standard InChI is InChI=1S/C10H10O2.Na.H/c1-8(10(11)12)7-9-5-3-2-4-6-9;;/h2-7H,1H3,(H,11,12);;/q;+1;-1/b8-7+;;. The van der Waals surface area contributed by atoms with Gasteiger partial charge in [0.05, 0.1) is 0 Å². The van der Waals surface area contributed by atoms with Crippen LogP contribution in [0.25, 0.3) is 6.08 Å². The average molecular weight is 186 g/mol. The van der Waals surface area contributed by atoms with Crippen LogP contribution in [0.4, 0.5) is 0 Å². The van der Waals surface area contributed by atoms with E-state index in [0.29, 0.717) is 5.57 Å². The van der Waals surface area contributed by atoms with Crippen LogP contribution in [0.2, 0.25) is 0 Å². The van der Waals surface area contributed by atoms with E-state index in [-0.39, 0.29) is 31.0 Å². The number of aliphatic carboxylic acids is 1. The van der Waals surface area contributed by atoms with Crippen molar-refractivity contribution in [1.29, 1.82) is 0 Å². The molecular weight excluding hydrogens is 175 g/mol. The summed E-state index contributed by atoms with van der Waals surface area (Å²) in [6, 6.07) is 9.38. The largest absolute Gasteiger partial charge is 1.00 e. The van der Waals surface area contributed by atoms with Gasteiger partial charge in [0.1, 0.15) is 0 Å². The summed E-state index contributed by atoms with van der Waals surface area (Å²) in [6.45, 7) is 1.58. The molecule has 13 heavy (non-hydrogen) atoms. The van der Waals surface area contributed by atoms with Crippen LogP contribution < -0.4 is 29.6 Å². The van der Waals surface area contributed by atoms with Gasteiger partial charge in [-0.25, -0.2) is 4.79 Å². The van der Waals surface area contributed by atoms with Crippen LogP contribution in [0.3, 0.4) is 0 Å². The van der Waals surface area contributed by atoms with Gasteiger partial charge < -0.3 is 6.53 Å². The molecule has 0 unspecified atom stereocenters. The fraction of sp³-hybridized carbons (Fsp3) is 0.100. The van der Waals surface area contributed by atoms with Gasteiger partial charge in [-0.15, -0.1) is 0 Å². The third-order valence-corrected chi connectivity index (χ3v) is 1.52. The van der Waals surface area contributed by atoms with E-state index in [0.717, 1.165) is 5.56 Å². The summed E-state index contributed by atoms with van der Waals surface area (Å²) >= 11 is 0. The second-order valence-corrected chi connectivity index (χ2v) is 2.54. The minimum atomic E-state index is -0.876. The van der Waals surface area contributed by atoms with Crippen molar-refractivity contribution in [3.05, 3.63) is 41.5 Å². The zero-order valence-corrected chi connectivity index (χ0v) is 9.82. The molecule has 0 saturated carbocycles. The van der Waals surface area contributed by atoms with E-state index in [1.165, 1.54) is 0 Å². The summed E-state index contributed by atoms with van der Waals surface area (Å²) in [5.41, 5.74) is 1.26. The Balaban J connectivity index is 0. The molecule has 0 saturated heterocycles. The SMILES string of the molecule is C/C(=C\c1ccccc1)C(=O)O.[H-].[Na+]. The number of benzene rings is 1. The summed E-state index contributed by atoms with van der Waals surface area (Å²) in [5.74, 6) is -0.876. The van der Waals surface area contributed by atoms with Crippen LogP contribution >= 0.6 is 0 Å². The predicted octanol–water partition coefficient (Wildman–Crippen LogP) is -0.709. The summed E-state index contributed by atoms with van der Waals surface area (Å²) in [6.07, 6.45) is 1.64. The quantitative estimate of drug-likeness (QED) is 0.489. The number of carbonyl (C=O) groups is 1. The number of carboxylic acid groups (broad SMARTS) is 1. The maximum absolute atomic E-state index is 10.4. The Morgan fingerprint density at radius 3 is 2.38 bits per heavy atom. The van der Waals surface area contributed by atoms with Gasteiger partial charge in [0.25, 0.3) is 0 Å². The van der Waals surface area contributed by atoms with Gasteiger partial charge in [0, 0.05) is 5.57 Å². The van der Waals surface area contributed by atoms with E-state index in [1.54, 1.807) is 13.0 Å². The van der Waals surface area contributed by atoms with E-state index in [4.69, 9.17) is 5.11 Å². The second-order valence-electron chi connectivity index (χ2n) is 2.54. The first kappa shape index (κ1) is 12.4. The zero-order chi connectivity index (χ0) is 8.97. The van der Waals surface area contributed by atoms with Crippen molar-refractivity contribution in [3.8, 4) is 0 Å². The summed E-state index contributed by atoms with van der Waals surface area (Å²) in [4.78, 5) is 10.4. The Hall–Kier alpha value is -0.570. The van der Waals surface area contributed by atoms with E-state index in [1.807, 2.05) is 30.3 Å². The molecule has 0 atom stereocenters. The molecule has 0 aliphatic carbocycles. The summed E-state index contributed by atoms with van der Waals surface area (Å²) in [5, 5.41) is 8.58. The molecule has 0 bridgehead atoms. The van der Waals surface area contributed by atoms with Gasteiger partial charge in [-0.2, -0.15) is 0 Å². The molecular formula is C10H11NaO2. The Bertz CT molecular complexity index is 309. The van der Waals surface area contributed by atoms with Gasteiger partial charge in [-0.1, -0.05) is 30.3 Å². The minimum absolute atomic E-state index is 0. The monoisotopic (exact) mass is 186 g/mol. The normalized spacial score (nSPS) is 10.4. The van der Waals surface area contributed by atoms with Gasteiger partial charge in [0.15, 0.2) is 0 Å². The van der Waals surface area contributed by atoms with Crippen molar-refractivity contribution < 1.29 is 40.9 Å². The fourth-order valence-electron chi connectivity index (χ4n) is 0.861. The van der Waals surface area contributed by atoms with Crippen molar-refractivity contribution in [1.82, 2.24) is 0 Å². The van der Waals surface area contributed by atoms with Crippen molar-refractivity contribution >= 4 is 12.0 Å². The van der Waals surface area contributed by atoms with Crippen LogP contribution in [0.1, 0.15) is 13.9 Å². The molecule has 0 radical (unpaired) electrons. The molecule has 0 aliphatic heterocycles. The van der Waals surface area contributed by atoms with Gasteiger partial charge >= 0.3 is 35.5 Å². The molecule has 2 nitrogen and oxygen atoms in total. The smallest absolute Gasteiger partial charge is 1.00 e. The average Bonchev–Trinajstić information content (AvgIpc) is 2.06. The van der Waals surface area contributed by atoms with Gasteiger partial charge in [-0.05, 0) is 18.6 Å². The second kappa shape index (κ2) is 5.97. The molecule has 0 aromatic heterocycles. The molecule has 0 heterocycles. The first-order chi connectivity index (χ1) is 5.70. The molecule has 0 amide bonds. The third-order valence-electron chi connectivity index (χ3n) is 1.52. The Morgan fingerprint density at radius 2 is 1.92 bits per heavy atom. The van der Waals surface area contributed by atoms with Crippen molar-refractivity contribution in [2.45, 2.75) is 6.92 Å². The number of hydrogen-bond donors (Lipinski definition) is 1. The molecule has 1 aromatic rings. The van der Waals surface area contributed by atoms with Crippen LogP contribution in [0, 0.1) is 0 Å². The van der Waals surface area contributed by atoms with Crippen LogP contribution in [-0.2, 0) is 4.79 Å². The van der Waals surface area contributed by atoms with E-state index < -0.39 is 5.97 Å². The van der Waals surface area contributed by atoms with Crippen LogP contribution in [-0.4, -0.2) is 11.1 Å². The molecule has 0 spiro atoms. The molecule has 3 heteroatoms. The predicted molar refractivity (Wildman–Crippen MR) is 48.8 cm³/mol. The van der Waals surface area contributed by atoms with E-state index >= 15 is 0 Å². The Labute approximate surface area is 101 Å². The molecule has 0 fully saturated rings. The third kappa shape index (κ3) is 4.27. The fourth-order valence-corrected chi connectivity index (χ4v) is 0.861. The van der Waals surface area contributed by atoms with E-state index in [2.05, 4.69) is 0 Å². The maximum Gasteiger partial charge on any atom is 1.00 e. The molecule has 0 aliphatic rings. The maximum atomic E-state index is 10.4. The Morgan fingerprint density at radius 1 is 1.38 bits per heavy atom. The molecule has 64 valence electrons. The molecule has 1 N–H and O–H groups in total. The first-order valence-corrected chi connectivity index (χ1v) is 3.67. The zero-order valence-electron chi connectivity index (χ0n) is 8.82. The summed E-state index contributed by atoms with van der Waals surface area (Å²) in [7, 11) is 0. The van der Waals surface area contributed by atoms with Crippen molar-refractivity contribution in [3.63, 3.8) is 0 Å². The van der Waals surface area contributed by atoms with Gasteiger partial charge in [0.2, 0.25) is 0 Å². The van der Waals surface area contributed by atoms with Gasteiger partial charge in [-0.3, -0.25) is 0 Å². The van der Waals surface area contributed by atoms with Crippen LogP contribution in [0.15, 0.2) is 35.9 Å².